The molecule has 3 rings (SSSR count). The topological polar surface area (TPSA) is 58.8 Å². The number of piperazine rings is 1. The van der Waals surface area contributed by atoms with Crippen molar-refractivity contribution in [1.29, 1.82) is 0 Å². The van der Waals surface area contributed by atoms with Gasteiger partial charge in [0.2, 0.25) is 5.91 Å². The number of rotatable bonds is 4. The lowest BCUT2D eigenvalue weighted by atomic mass is 9.91. The molecule has 0 saturated carbocycles. The van der Waals surface area contributed by atoms with E-state index >= 15 is 0 Å². The smallest absolute Gasteiger partial charge is 0.239 e. The van der Waals surface area contributed by atoms with E-state index in [1.165, 1.54) is 5.56 Å². The Hall–Kier alpha value is -1.14. The molecule has 1 atom stereocenters. The molecule has 0 radical (unpaired) electrons. The Morgan fingerprint density at radius 3 is 2.42 bits per heavy atom. The molecule has 2 aliphatic rings. The number of nitrogens with zero attached hydrogens (tertiary/aromatic N) is 2. The molecule has 6 heteroatoms. The fourth-order valence-electron chi connectivity index (χ4n) is 3.46. The third kappa shape index (κ3) is 4.48. The molecular formula is C18H26ClN3O2. The number of benzene rings is 1. The van der Waals surface area contributed by atoms with Crippen molar-refractivity contribution in [3.63, 3.8) is 0 Å². The summed E-state index contributed by atoms with van der Waals surface area (Å²) in [6.45, 7) is 5.61. The van der Waals surface area contributed by atoms with E-state index in [1.54, 1.807) is 0 Å². The van der Waals surface area contributed by atoms with Crippen LogP contribution >= 0.6 is 11.6 Å². The molecule has 0 bridgehead atoms. The van der Waals surface area contributed by atoms with E-state index in [9.17, 15) is 4.79 Å². The lowest BCUT2D eigenvalue weighted by Gasteiger charge is -2.37. The summed E-state index contributed by atoms with van der Waals surface area (Å²) >= 11 is 5.92. The summed E-state index contributed by atoms with van der Waals surface area (Å²) < 4.78 is 5.36. The van der Waals surface area contributed by atoms with Crippen LogP contribution in [0.5, 0.6) is 0 Å². The van der Waals surface area contributed by atoms with Gasteiger partial charge in [-0.2, -0.15) is 0 Å². The quantitative estimate of drug-likeness (QED) is 0.897. The van der Waals surface area contributed by atoms with E-state index in [0.29, 0.717) is 0 Å². The van der Waals surface area contributed by atoms with Crippen molar-refractivity contribution in [3.05, 3.63) is 34.9 Å². The molecule has 5 nitrogen and oxygen atoms in total. The highest BCUT2D eigenvalue weighted by molar-refractivity contribution is 6.30. The fourth-order valence-corrected chi connectivity index (χ4v) is 3.59. The van der Waals surface area contributed by atoms with Crippen LogP contribution in [-0.4, -0.2) is 61.1 Å². The van der Waals surface area contributed by atoms with Gasteiger partial charge in [0.15, 0.2) is 0 Å². The molecule has 2 aliphatic heterocycles. The molecule has 2 heterocycles. The number of ether oxygens (including phenoxy) is 1. The zero-order valence-corrected chi connectivity index (χ0v) is 14.8. The van der Waals surface area contributed by atoms with Gasteiger partial charge in [0.05, 0.1) is 6.04 Å². The minimum absolute atomic E-state index is 0.105. The van der Waals surface area contributed by atoms with Gasteiger partial charge in [-0.25, -0.2) is 0 Å². The van der Waals surface area contributed by atoms with Crippen LogP contribution in [0.2, 0.25) is 5.02 Å². The van der Waals surface area contributed by atoms with Gasteiger partial charge in [0.25, 0.3) is 0 Å². The largest absolute Gasteiger partial charge is 0.381 e. The zero-order valence-electron chi connectivity index (χ0n) is 14.0. The summed E-state index contributed by atoms with van der Waals surface area (Å²) in [5.74, 6) is 0.367. The monoisotopic (exact) mass is 351 g/mol. The number of hydrogen-bond acceptors (Lipinski definition) is 4. The normalized spacial score (nSPS) is 21.7. The Morgan fingerprint density at radius 1 is 1.17 bits per heavy atom. The Balaban J connectivity index is 1.47. The van der Waals surface area contributed by atoms with E-state index in [2.05, 4.69) is 17.0 Å². The van der Waals surface area contributed by atoms with Crippen LogP contribution in [0.1, 0.15) is 18.4 Å². The van der Waals surface area contributed by atoms with Crippen molar-refractivity contribution in [2.24, 2.45) is 11.7 Å². The van der Waals surface area contributed by atoms with E-state index in [1.807, 2.05) is 17.0 Å². The van der Waals surface area contributed by atoms with Gasteiger partial charge in [-0.05, 0) is 36.5 Å². The second-order valence-electron chi connectivity index (χ2n) is 6.70. The summed E-state index contributed by atoms with van der Waals surface area (Å²) in [4.78, 5) is 16.9. The average molecular weight is 352 g/mol. The Bertz CT molecular complexity index is 538. The van der Waals surface area contributed by atoms with Gasteiger partial charge in [-0.1, -0.05) is 23.7 Å². The van der Waals surface area contributed by atoms with Crippen molar-refractivity contribution < 1.29 is 9.53 Å². The van der Waals surface area contributed by atoms with Crippen LogP contribution in [0.4, 0.5) is 0 Å². The highest BCUT2D eigenvalue weighted by Gasteiger charge is 2.31. The summed E-state index contributed by atoms with van der Waals surface area (Å²) in [6, 6.07) is 7.58. The first-order chi connectivity index (χ1) is 11.6. The number of carbonyl (C=O) groups is 1. The van der Waals surface area contributed by atoms with E-state index in [4.69, 9.17) is 22.1 Å². The molecule has 0 spiro atoms. The number of hydrogen-bond donors (Lipinski definition) is 1. The maximum Gasteiger partial charge on any atom is 0.239 e. The standard InChI is InChI=1S/C18H26ClN3O2/c19-16-3-1-14(2-4-16)13-21-7-9-22(10-8-21)18(23)17(20)15-5-11-24-12-6-15/h1-4,15,17H,5-13,20H2. The van der Waals surface area contributed by atoms with Crippen LogP contribution in [0.3, 0.4) is 0 Å². The highest BCUT2D eigenvalue weighted by Crippen LogP contribution is 2.20. The summed E-state index contributed by atoms with van der Waals surface area (Å²) in [5, 5.41) is 0.760. The van der Waals surface area contributed by atoms with Crippen molar-refractivity contribution in [3.8, 4) is 0 Å². The van der Waals surface area contributed by atoms with Crippen LogP contribution < -0.4 is 5.73 Å². The van der Waals surface area contributed by atoms with Gasteiger partial charge in [0.1, 0.15) is 0 Å². The van der Waals surface area contributed by atoms with E-state index < -0.39 is 0 Å². The molecule has 1 aromatic rings. The van der Waals surface area contributed by atoms with Gasteiger partial charge in [0, 0.05) is 51.0 Å². The highest BCUT2D eigenvalue weighted by atomic mass is 35.5. The maximum atomic E-state index is 12.6. The second kappa shape index (κ2) is 8.30. The first-order valence-corrected chi connectivity index (χ1v) is 9.10. The maximum absolute atomic E-state index is 12.6. The number of nitrogens with two attached hydrogens (primary N) is 1. The summed E-state index contributed by atoms with van der Waals surface area (Å²) in [6.07, 6.45) is 1.78. The first-order valence-electron chi connectivity index (χ1n) is 8.72. The molecule has 0 aliphatic carbocycles. The summed E-state index contributed by atoms with van der Waals surface area (Å²) in [7, 11) is 0. The Kier molecular flexibility index (Phi) is 6.11. The van der Waals surface area contributed by atoms with E-state index in [0.717, 1.165) is 63.8 Å². The third-order valence-electron chi connectivity index (χ3n) is 5.06. The number of carbonyl (C=O) groups excluding carboxylic acids is 1. The fraction of sp³-hybridized carbons (Fsp3) is 0.611. The van der Waals surface area contributed by atoms with Crippen molar-refractivity contribution >= 4 is 17.5 Å². The molecule has 1 unspecified atom stereocenters. The Labute approximate surface area is 148 Å². The predicted octanol–water partition coefficient (Wildman–Crippen LogP) is 1.74. The Morgan fingerprint density at radius 2 is 1.79 bits per heavy atom. The van der Waals surface area contributed by atoms with Crippen LogP contribution in [0, 0.1) is 5.92 Å². The first kappa shape index (κ1) is 17.7. The lowest BCUT2D eigenvalue weighted by molar-refractivity contribution is -0.136. The molecule has 1 aromatic carbocycles. The van der Waals surface area contributed by atoms with Gasteiger partial charge >= 0.3 is 0 Å². The van der Waals surface area contributed by atoms with Crippen molar-refractivity contribution in [1.82, 2.24) is 9.80 Å². The molecule has 132 valence electrons. The van der Waals surface area contributed by atoms with Gasteiger partial charge in [-0.3, -0.25) is 9.69 Å². The molecule has 2 fully saturated rings. The van der Waals surface area contributed by atoms with Crippen LogP contribution in [-0.2, 0) is 16.1 Å². The summed E-state index contributed by atoms with van der Waals surface area (Å²) in [5.41, 5.74) is 7.47. The number of amides is 1. The average Bonchev–Trinajstić information content (AvgIpc) is 2.64. The van der Waals surface area contributed by atoms with Crippen molar-refractivity contribution in [2.75, 3.05) is 39.4 Å². The van der Waals surface area contributed by atoms with Crippen LogP contribution in [0.25, 0.3) is 0 Å². The molecule has 24 heavy (non-hydrogen) atoms. The molecule has 2 N–H and O–H groups in total. The predicted molar refractivity (Wildman–Crippen MR) is 94.8 cm³/mol. The minimum Gasteiger partial charge on any atom is -0.381 e. The zero-order chi connectivity index (χ0) is 16.9. The van der Waals surface area contributed by atoms with Crippen LogP contribution in [0.15, 0.2) is 24.3 Å². The van der Waals surface area contributed by atoms with Gasteiger partial charge < -0.3 is 15.4 Å². The molecule has 2 saturated heterocycles. The number of halogens is 1. The van der Waals surface area contributed by atoms with Crippen molar-refractivity contribution in [2.45, 2.75) is 25.4 Å². The molecule has 1 amide bonds. The SMILES string of the molecule is NC(C(=O)N1CCN(Cc2ccc(Cl)cc2)CC1)C1CCOCC1. The molecule has 0 aromatic heterocycles. The minimum atomic E-state index is -0.378. The lowest BCUT2D eigenvalue weighted by Crippen LogP contribution is -2.55. The third-order valence-corrected chi connectivity index (χ3v) is 5.31. The van der Waals surface area contributed by atoms with E-state index in [-0.39, 0.29) is 17.9 Å². The molecular weight excluding hydrogens is 326 g/mol. The second-order valence-corrected chi connectivity index (χ2v) is 7.14. The van der Waals surface area contributed by atoms with Gasteiger partial charge in [-0.15, -0.1) is 0 Å².